The van der Waals surface area contributed by atoms with Gasteiger partial charge in [0.25, 0.3) is 0 Å². The van der Waals surface area contributed by atoms with Gasteiger partial charge in [-0.15, -0.1) is 0 Å². The van der Waals surface area contributed by atoms with Crippen molar-refractivity contribution in [1.82, 2.24) is 10.4 Å². The first-order valence-electron chi connectivity index (χ1n) is 14.3. The van der Waals surface area contributed by atoms with Crippen LogP contribution in [-0.2, 0) is 38.6 Å². The number of nitrogens with two attached hydrogens (primary N) is 2. The summed E-state index contributed by atoms with van der Waals surface area (Å²) in [4.78, 5) is 6.59. The largest absolute Gasteiger partial charge is 0.359 e. The average Bonchev–Trinajstić information content (AvgIpc) is 3.00. The van der Waals surface area contributed by atoms with E-state index in [-0.39, 0.29) is 0 Å². The van der Waals surface area contributed by atoms with Gasteiger partial charge < -0.3 is 21.4 Å². The van der Waals surface area contributed by atoms with Crippen LogP contribution < -0.4 is 27.2 Å². The maximum atomic E-state index is 6.76. The predicted molar refractivity (Wildman–Crippen MR) is 171 cm³/mol. The molecule has 2 aromatic carbocycles. The second kappa shape index (κ2) is 13.7. The van der Waals surface area contributed by atoms with E-state index in [2.05, 4.69) is 75.9 Å². The van der Waals surface area contributed by atoms with Crippen molar-refractivity contribution in [2.45, 2.75) is 57.9 Å². The number of pyridine rings is 1. The van der Waals surface area contributed by atoms with Crippen molar-refractivity contribution in [1.29, 1.82) is 0 Å². The van der Waals surface area contributed by atoms with E-state index in [1.807, 2.05) is 12.3 Å². The lowest BCUT2D eigenvalue weighted by Gasteiger charge is -2.29. The molecule has 41 heavy (non-hydrogen) atoms. The van der Waals surface area contributed by atoms with Crippen molar-refractivity contribution in [3.05, 3.63) is 136 Å². The van der Waals surface area contributed by atoms with Gasteiger partial charge in [-0.25, -0.2) is 0 Å². The van der Waals surface area contributed by atoms with E-state index in [4.69, 9.17) is 23.2 Å². The number of fused-ring (bicyclic) bond motifs is 1. The first kappa shape index (κ1) is 28.7. The summed E-state index contributed by atoms with van der Waals surface area (Å²) in [5.41, 5.74) is 20.5. The number of hydrogen-bond donors (Lipinski definition) is 4. The molecular weight excluding hydrogens is 528 g/mol. The first-order valence-corrected chi connectivity index (χ1v) is 14.7. The Bertz CT molecular complexity index is 1490. The topological polar surface area (TPSA) is 92.2 Å². The lowest BCUT2D eigenvalue weighted by molar-refractivity contribution is 0.685. The molecule has 0 bridgehead atoms. The van der Waals surface area contributed by atoms with Crippen molar-refractivity contribution in [2.75, 3.05) is 10.2 Å². The fraction of sp³-hybridized carbons (Fsp3) is 0.265. The summed E-state index contributed by atoms with van der Waals surface area (Å²) in [7, 11) is 0. The fourth-order valence-corrected chi connectivity index (χ4v) is 5.97. The Labute approximate surface area is 248 Å². The Hall–Kier alpha value is -3.84. The highest BCUT2D eigenvalue weighted by Gasteiger charge is 2.18. The van der Waals surface area contributed by atoms with Crippen molar-refractivity contribution >= 4 is 23.0 Å². The third-order valence-electron chi connectivity index (χ3n) is 7.96. The molecule has 7 heteroatoms. The summed E-state index contributed by atoms with van der Waals surface area (Å²) in [5, 5.41) is 3.93. The predicted octanol–water partition coefficient (Wildman–Crippen LogP) is 6.61. The van der Waals surface area contributed by atoms with Gasteiger partial charge in [0.05, 0.1) is 11.9 Å². The molecule has 2 aliphatic rings. The highest BCUT2D eigenvalue weighted by Crippen LogP contribution is 2.33. The van der Waals surface area contributed by atoms with Crippen LogP contribution in [0.3, 0.4) is 0 Å². The number of halogens is 1. The second-order valence-corrected chi connectivity index (χ2v) is 11.1. The molecule has 1 aliphatic heterocycles. The van der Waals surface area contributed by atoms with Gasteiger partial charge in [-0.05, 0) is 121 Å². The Kier molecular flexibility index (Phi) is 9.57. The molecule has 212 valence electrons. The summed E-state index contributed by atoms with van der Waals surface area (Å²) in [5.74, 6) is 5.28. The Morgan fingerprint density at radius 2 is 1.76 bits per heavy atom. The number of nitrogens with one attached hydrogen (secondary N) is 2. The van der Waals surface area contributed by atoms with Gasteiger partial charge in [0, 0.05) is 47.7 Å². The van der Waals surface area contributed by atoms with Gasteiger partial charge in [0.15, 0.2) is 0 Å². The van der Waals surface area contributed by atoms with Crippen molar-refractivity contribution in [2.24, 2.45) is 11.6 Å². The normalized spacial score (nSPS) is 14.8. The smallest absolute Gasteiger partial charge is 0.0569 e. The highest BCUT2D eigenvalue weighted by molar-refractivity contribution is 6.31. The quantitative estimate of drug-likeness (QED) is 0.154. The zero-order valence-corrected chi connectivity index (χ0v) is 24.3. The molecule has 6 N–H and O–H groups in total. The number of hydrogen-bond acceptors (Lipinski definition) is 6. The third kappa shape index (κ3) is 7.09. The second-order valence-electron chi connectivity index (χ2n) is 10.7. The van der Waals surface area contributed by atoms with Crippen LogP contribution in [0.4, 0.5) is 11.4 Å². The van der Waals surface area contributed by atoms with Gasteiger partial charge in [0.1, 0.15) is 0 Å². The van der Waals surface area contributed by atoms with Crippen LogP contribution in [-0.4, -0.2) is 4.98 Å². The minimum absolute atomic E-state index is 0.453. The van der Waals surface area contributed by atoms with Crippen molar-refractivity contribution in [3.8, 4) is 0 Å². The minimum atomic E-state index is 0.453. The maximum absolute atomic E-state index is 6.76. The standard InChI is InChI=1S/C34H39ClN6/c1-24-26(7-4-16-41(24)33-13-12-27-5-2-3-6-28(27)19-33)10-11-30-18-29(31(21-36)20-34(30)35)9-8-25-17-32(23-38-22-25)39-14-15-40-37/h4,7,12-20,22-23,39-40H,1-3,5-6,8-11,21,36-37H2/b15-14-. The number of aromatic nitrogens is 1. The number of anilines is 2. The minimum Gasteiger partial charge on any atom is -0.359 e. The van der Waals surface area contributed by atoms with Gasteiger partial charge in [0.2, 0.25) is 0 Å². The molecule has 0 radical (unpaired) electrons. The molecule has 0 spiro atoms. The van der Waals surface area contributed by atoms with Gasteiger partial charge in [-0.2, -0.15) is 0 Å². The molecule has 0 saturated heterocycles. The van der Waals surface area contributed by atoms with Crippen LogP contribution in [0.15, 0.2) is 97.4 Å². The van der Waals surface area contributed by atoms with E-state index < -0.39 is 0 Å². The SMILES string of the molecule is C=C1C(CCc2cc(CCc3cncc(N/C=C\NN)c3)c(CN)cc2Cl)=CC=CN1c1ccc2c(c1)CCCC2. The van der Waals surface area contributed by atoms with E-state index in [1.165, 1.54) is 47.2 Å². The number of benzene rings is 2. The monoisotopic (exact) mass is 566 g/mol. The number of nitrogens with zero attached hydrogens (tertiary/aromatic N) is 2. The summed E-state index contributed by atoms with van der Waals surface area (Å²) < 4.78 is 0. The molecule has 0 fully saturated rings. The molecule has 1 aliphatic carbocycles. The van der Waals surface area contributed by atoms with Gasteiger partial charge >= 0.3 is 0 Å². The molecule has 1 aromatic heterocycles. The summed E-state index contributed by atoms with van der Waals surface area (Å²) in [6.45, 7) is 4.92. The van der Waals surface area contributed by atoms with Gasteiger partial charge in [-0.3, -0.25) is 10.8 Å². The zero-order valence-electron chi connectivity index (χ0n) is 23.5. The Morgan fingerprint density at radius 1 is 0.927 bits per heavy atom. The molecule has 0 atom stereocenters. The molecule has 0 saturated carbocycles. The number of allylic oxidation sites excluding steroid dienone is 3. The Balaban J connectivity index is 1.25. The molecule has 2 heterocycles. The molecule has 0 amide bonds. The number of aryl methyl sites for hydroxylation is 5. The molecule has 3 aromatic rings. The lowest BCUT2D eigenvalue weighted by Crippen LogP contribution is -2.19. The lowest BCUT2D eigenvalue weighted by atomic mass is 9.91. The molecule has 6 nitrogen and oxygen atoms in total. The van der Waals surface area contributed by atoms with Crippen LogP contribution in [0.5, 0.6) is 0 Å². The summed E-state index contributed by atoms with van der Waals surface area (Å²) >= 11 is 6.76. The summed E-state index contributed by atoms with van der Waals surface area (Å²) in [6.07, 6.45) is 21.7. The van der Waals surface area contributed by atoms with Crippen LogP contribution in [0.2, 0.25) is 5.02 Å². The van der Waals surface area contributed by atoms with E-state index >= 15 is 0 Å². The number of hydrazine groups is 1. The maximum Gasteiger partial charge on any atom is 0.0569 e. The molecular formula is C34H39ClN6. The molecule has 5 rings (SSSR count). The zero-order chi connectivity index (χ0) is 28.6. The van der Waals surface area contributed by atoms with Crippen LogP contribution in [0.1, 0.15) is 52.6 Å². The van der Waals surface area contributed by atoms with Crippen LogP contribution in [0, 0.1) is 0 Å². The van der Waals surface area contributed by atoms with Crippen molar-refractivity contribution < 1.29 is 0 Å². The van der Waals surface area contributed by atoms with Gasteiger partial charge in [-0.1, -0.05) is 36.4 Å². The Morgan fingerprint density at radius 3 is 2.59 bits per heavy atom. The van der Waals surface area contributed by atoms with Crippen molar-refractivity contribution in [3.63, 3.8) is 0 Å². The van der Waals surface area contributed by atoms with E-state index in [9.17, 15) is 0 Å². The van der Waals surface area contributed by atoms with E-state index in [0.717, 1.165) is 65.2 Å². The number of rotatable bonds is 11. The van der Waals surface area contributed by atoms with E-state index in [1.54, 1.807) is 18.6 Å². The summed E-state index contributed by atoms with van der Waals surface area (Å²) in [6, 6.07) is 13.2. The van der Waals surface area contributed by atoms with Crippen LogP contribution in [0.25, 0.3) is 0 Å². The van der Waals surface area contributed by atoms with Crippen LogP contribution >= 0.6 is 11.6 Å². The highest BCUT2D eigenvalue weighted by atomic mass is 35.5. The fourth-order valence-electron chi connectivity index (χ4n) is 5.69. The first-order chi connectivity index (χ1) is 20.1. The van der Waals surface area contributed by atoms with E-state index in [0.29, 0.717) is 6.54 Å². The average molecular weight is 567 g/mol. The third-order valence-corrected chi connectivity index (χ3v) is 8.32. The molecule has 0 unspecified atom stereocenters.